The average Bonchev–Trinajstić information content (AvgIpc) is 2.66. The van der Waals surface area contributed by atoms with Crippen molar-refractivity contribution in [1.29, 1.82) is 0 Å². The van der Waals surface area contributed by atoms with Crippen LogP contribution in [0.2, 0.25) is 0 Å². The van der Waals surface area contributed by atoms with Crippen LogP contribution in [0.15, 0.2) is 48.5 Å². The molecule has 0 saturated heterocycles. The molecule has 0 spiro atoms. The van der Waals surface area contributed by atoms with Gasteiger partial charge in [-0.2, -0.15) is 0 Å². The summed E-state index contributed by atoms with van der Waals surface area (Å²) in [4.78, 5) is 35.4. The van der Waals surface area contributed by atoms with Crippen molar-refractivity contribution in [1.82, 2.24) is 10.6 Å². The quantitative estimate of drug-likeness (QED) is 0.426. The molecule has 0 fully saturated rings. The van der Waals surface area contributed by atoms with Gasteiger partial charge >= 0.3 is 5.97 Å². The molecule has 0 heterocycles. The maximum absolute atomic E-state index is 12.2. The first-order valence-electron chi connectivity index (χ1n) is 9.62. The van der Waals surface area contributed by atoms with Crippen LogP contribution in [-0.2, 0) is 10.2 Å². The van der Waals surface area contributed by atoms with E-state index in [0.29, 0.717) is 36.4 Å². The first-order chi connectivity index (χ1) is 13.7. The lowest BCUT2D eigenvalue weighted by molar-refractivity contribution is -0.131. The van der Waals surface area contributed by atoms with Crippen LogP contribution in [0, 0.1) is 0 Å². The van der Waals surface area contributed by atoms with Gasteiger partial charge in [-0.3, -0.25) is 14.4 Å². The maximum atomic E-state index is 12.2. The van der Waals surface area contributed by atoms with E-state index in [1.807, 2.05) is 24.3 Å². The Morgan fingerprint density at radius 2 is 1.45 bits per heavy atom. The fourth-order valence-corrected chi connectivity index (χ4v) is 2.68. The zero-order chi connectivity index (χ0) is 21.4. The van der Waals surface area contributed by atoms with E-state index < -0.39 is 5.97 Å². The Kier molecular flexibility index (Phi) is 7.53. The van der Waals surface area contributed by atoms with Crippen LogP contribution in [0.4, 0.5) is 0 Å². The van der Waals surface area contributed by atoms with E-state index in [0.717, 1.165) is 0 Å². The molecule has 2 aromatic rings. The molecule has 0 atom stereocenters. The zero-order valence-electron chi connectivity index (χ0n) is 17.4. The molecule has 6 nitrogen and oxygen atoms in total. The van der Waals surface area contributed by atoms with Crippen molar-refractivity contribution in [3.63, 3.8) is 0 Å². The van der Waals surface area contributed by atoms with E-state index in [1.165, 1.54) is 18.6 Å². The first kappa shape index (κ1) is 22.1. The standard InChI is InChI=1S/C23H28N2O4/c1-16(26)29-20-8-5-7-18(15-20)22(28)25-14-6-13-24-21(27)17-9-11-19(12-10-17)23(2,3)4/h5,7-12,15H,6,13-14H2,1-4H3,(H,24,27)(H,25,28). The number of carbonyl (C=O) groups is 3. The number of carbonyl (C=O) groups excluding carboxylic acids is 3. The van der Waals surface area contributed by atoms with Crippen LogP contribution in [-0.4, -0.2) is 30.9 Å². The third-order valence-corrected chi connectivity index (χ3v) is 4.30. The summed E-state index contributed by atoms with van der Waals surface area (Å²) in [5.74, 6) is -0.504. The second-order valence-electron chi connectivity index (χ2n) is 7.81. The average molecular weight is 396 g/mol. The molecule has 0 aliphatic heterocycles. The molecule has 29 heavy (non-hydrogen) atoms. The molecule has 0 aromatic heterocycles. The van der Waals surface area contributed by atoms with Crippen LogP contribution in [0.3, 0.4) is 0 Å². The van der Waals surface area contributed by atoms with Crippen molar-refractivity contribution >= 4 is 17.8 Å². The Morgan fingerprint density at radius 3 is 2.00 bits per heavy atom. The van der Waals surface area contributed by atoms with Crippen LogP contribution in [0.1, 0.15) is 60.4 Å². The van der Waals surface area contributed by atoms with Gasteiger partial charge in [-0.25, -0.2) is 0 Å². The molecule has 6 heteroatoms. The van der Waals surface area contributed by atoms with Crippen molar-refractivity contribution in [3.05, 3.63) is 65.2 Å². The highest BCUT2D eigenvalue weighted by Crippen LogP contribution is 2.22. The Hall–Kier alpha value is -3.15. The highest BCUT2D eigenvalue weighted by atomic mass is 16.5. The minimum absolute atomic E-state index is 0.0466. The number of nitrogens with one attached hydrogen (secondary N) is 2. The molecule has 2 amide bonds. The van der Waals surface area contributed by atoms with Crippen molar-refractivity contribution in [2.24, 2.45) is 0 Å². The number of benzene rings is 2. The molecular weight excluding hydrogens is 368 g/mol. The summed E-state index contributed by atoms with van der Waals surface area (Å²) in [6.45, 7) is 8.56. The van der Waals surface area contributed by atoms with Crippen molar-refractivity contribution in [2.75, 3.05) is 13.1 Å². The topological polar surface area (TPSA) is 84.5 Å². The lowest BCUT2D eigenvalue weighted by Crippen LogP contribution is -2.30. The summed E-state index contributed by atoms with van der Waals surface area (Å²) in [7, 11) is 0. The molecule has 2 N–H and O–H groups in total. The maximum Gasteiger partial charge on any atom is 0.308 e. The molecule has 0 aliphatic carbocycles. The normalized spacial score (nSPS) is 10.9. The number of hydrogen-bond donors (Lipinski definition) is 2. The van der Waals surface area contributed by atoms with E-state index in [1.54, 1.807) is 18.2 Å². The van der Waals surface area contributed by atoms with E-state index >= 15 is 0 Å². The lowest BCUT2D eigenvalue weighted by atomic mass is 9.87. The molecular formula is C23H28N2O4. The van der Waals surface area contributed by atoms with Crippen LogP contribution in [0.5, 0.6) is 5.75 Å². The lowest BCUT2D eigenvalue weighted by Gasteiger charge is -2.19. The number of hydrogen-bond acceptors (Lipinski definition) is 4. The van der Waals surface area contributed by atoms with Gasteiger partial charge in [-0.05, 0) is 47.7 Å². The van der Waals surface area contributed by atoms with Crippen molar-refractivity contribution in [2.45, 2.75) is 39.5 Å². The second-order valence-corrected chi connectivity index (χ2v) is 7.81. The van der Waals surface area contributed by atoms with Gasteiger partial charge in [0.05, 0.1) is 0 Å². The Bertz CT molecular complexity index is 867. The third kappa shape index (κ3) is 7.07. The highest BCUT2D eigenvalue weighted by molar-refractivity contribution is 5.95. The van der Waals surface area contributed by atoms with Gasteiger partial charge in [0, 0.05) is 31.1 Å². The number of ether oxygens (including phenoxy) is 1. The summed E-state index contributed by atoms with van der Waals surface area (Å²) < 4.78 is 4.98. The van der Waals surface area contributed by atoms with Crippen LogP contribution < -0.4 is 15.4 Å². The Morgan fingerprint density at radius 1 is 0.862 bits per heavy atom. The van der Waals surface area contributed by atoms with E-state index in [2.05, 4.69) is 31.4 Å². The SMILES string of the molecule is CC(=O)Oc1cccc(C(=O)NCCCNC(=O)c2ccc(C(C)(C)C)cc2)c1. The van der Waals surface area contributed by atoms with E-state index in [4.69, 9.17) is 4.74 Å². The van der Waals surface area contributed by atoms with Crippen LogP contribution in [0.25, 0.3) is 0 Å². The minimum atomic E-state index is -0.439. The fraction of sp³-hybridized carbons (Fsp3) is 0.348. The first-order valence-corrected chi connectivity index (χ1v) is 9.62. The number of amides is 2. The highest BCUT2D eigenvalue weighted by Gasteiger charge is 2.14. The fourth-order valence-electron chi connectivity index (χ4n) is 2.68. The molecule has 154 valence electrons. The molecule has 2 rings (SSSR count). The third-order valence-electron chi connectivity index (χ3n) is 4.30. The molecule has 0 bridgehead atoms. The number of esters is 1. The van der Waals surface area contributed by atoms with Crippen molar-refractivity contribution in [3.8, 4) is 5.75 Å². The summed E-state index contributed by atoms with van der Waals surface area (Å²) in [5, 5.41) is 5.64. The second kappa shape index (κ2) is 9.87. The minimum Gasteiger partial charge on any atom is -0.427 e. The van der Waals surface area contributed by atoms with Gasteiger partial charge in [0.2, 0.25) is 0 Å². The summed E-state index contributed by atoms with van der Waals surface area (Å²) >= 11 is 0. The predicted octanol–water partition coefficient (Wildman–Crippen LogP) is 3.46. The van der Waals surface area contributed by atoms with E-state index in [-0.39, 0.29) is 17.2 Å². The molecule has 2 aromatic carbocycles. The monoisotopic (exact) mass is 396 g/mol. The van der Waals surface area contributed by atoms with Crippen LogP contribution >= 0.6 is 0 Å². The number of rotatable bonds is 7. The summed E-state index contributed by atoms with van der Waals surface area (Å²) in [6.07, 6.45) is 0.598. The predicted molar refractivity (Wildman–Crippen MR) is 112 cm³/mol. The zero-order valence-corrected chi connectivity index (χ0v) is 17.4. The smallest absolute Gasteiger partial charge is 0.308 e. The molecule has 0 radical (unpaired) electrons. The largest absolute Gasteiger partial charge is 0.427 e. The van der Waals surface area contributed by atoms with Gasteiger partial charge in [0.25, 0.3) is 11.8 Å². The Balaban J connectivity index is 1.74. The molecule has 0 aliphatic rings. The Labute approximate surface area is 171 Å². The van der Waals surface area contributed by atoms with Crippen molar-refractivity contribution < 1.29 is 19.1 Å². The summed E-state index contributed by atoms with van der Waals surface area (Å²) in [6, 6.07) is 14.0. The molecule has 0 saturated carbocycles. The van der Waals surface area contributed by atoms with Gasteiger partial charge < -0.3 is 15.4 Å². The van der Waals surface area contributed by atoms with Gasteiger partial charge in [-0.15, -0.1) is 0 Å². The summed E-state index contributed by atoms with van der Waals surface area (Å²) in [5.41, 5.74) is 2.25. The van der Waals surface area contributed by atoms with Gasteiger partial charge in [0.1, 0.15) is 5.75 Å². The molecule has 0 unspecified atom stereocenters. The van der Waals surface area contributed by atoms with Gasteiger partial charge in [-0.1, -0.05) is 39.0 Å². The van der Waals surface area contributed by atoms with Gasteiger partial charge in [0.15, 0.2) is 0 Å². The van der Waals surface area contributed by atoms with E-state index in [9.17, 15) is 14.4 Å².